The van der Waals surface area contributed by atoms with Crippen molar-refractivity contribution in [1.82, 2.24) is 10.2 Å². The van der Waals surface area contributed by atoms with Crippen LogP contribution < -0.4 is 10.1 Å². The second-order valence-corrected chi connectivity index (χ2v) is 7.70. The molecule has 1 atom stereocenters. The van der Waals surface area contributed by atoms with Gasteiger partial charge >= 0.3 is 0 Å². The molecule has 31 heavy (non-hydrogen) atoms. The van der Waals surface area contributed by atoms with Crippen LogP contribution in [-0.2, 0) is 22.7 Å². The summed E-state index contributed by atoms with van der Waals surface area (Å²) in [6.07, 6.45) is 1.13. The van der Waals surface area contributed by atoms with Gasteiger partial charge in [-0.1, -0.05) is 48.5 Å². The first-order chi connectivity index (χ1) is 15.3. The van der Waals surface area contributed by atoms with E-state index in [9.17, 15) is 0 Å². The number of rotatable bonds is 11. The number of ether oxygens (including phenoxy) is 3. The molecular formula is C25H35N3O3. The van der Waals surface area contributed by atoms with Gasteiger partial charge in [0.05, 0.1) is 40.1 Å². The molecule has 0 radical (unpaired) electrons. The Morgan fingerprint density at radius 2 is 1.87 bits per heavy atom. The van der Waals surface area contributed by atoms with E-state index in [0.717, 1.165) is 49.9 Å². The third-order valence-corrected chi connectivity index (χ3v) is 5.33. The van der Waals surface area contributed by atoms with Gasteiger partial charge in [-0.2, -0.15) is 0 Å². The van der Waals surface area contributed by atoms with Gasteiger partial charge in [-0.15, -0.1) is 0 Å². The van der Waals surface area contributed by atoms with Crippen LogP contribution in [0.15, 0.2) is 59.6 Å². The molecule has 1 N–H and O–H groups in total. The fourth-order valence-corrected chi connectivity index (χ4v) is 3.72. The number of hydrogen-bond donors (Lipinski definition) is 1. The number of benzene rings is 2. The van der Waals surface area contributed by atoms with Crippen molar-refractivity contribution in [2.75, 3.05) is 46.5 Å². The van der Waals surface area contributed by atoms with Gasteiger partial charge in [0.2, 0.25) is 0 Å². The summed E-state index contributed by atoms with van der Waals surface area (Å²) in [5, 5.41) is 3.41. The van der Waals surface area contributed by atoms with Gasteiger partial charge in [-0.25, -0.2) is 0 Å². The molecule has 2 aromatic carbocycles. The maximum atomic E-state index is 5.95. The van der Waals surface area contributed by atoms with Crippen LogP contribution in [0.3, 0.4) is 0 Å². The lowest BCUT2D eigenvalue weighted by Crippen LogP contribution is -2.40. The van der Waals surface area contributed by atoms with Crippen LogP contribution in [0.25, 0.3) is 0 Å². The topological polar surface area (TPSA) is 55.3 Å². The maximum absolute atomic E-state index is 5.95. The van der Waals surface area contributed by atoms with Crippen LogP contribution in [0.2, 0.25) is 0 Å². The van der Waals surface area contributed by atoms with Crippen molar-refractivity contribution >= 4 is 5.96 Å². The highest BCUT2D eigenvalue weighted by atomic mass is 16.5. The second-order valence-electron chi connectivity index (χ2n) is 7.70. The predicted molar refractivity (Wildman–Crippen MR) is 124 cm³/mol. The first kappa shape index (κ1) is 23.1. The summed E-state index contributed by atoms with van der Waals surface area (Å²) in [6, 6.07) is 18.3. The Kier molecular flexibility index (Phi) is 9.67. The number of guanidine groups is 1. The van der Waals surface area contributed by atoms with E-state index in [2.05, 4.69) is 41.4 Å². The molecule has 0 bridgehead atoms. The number of para-hydroxylation sites is 1. The van der Waals surface area contributed by atoms with Crippen LogP contribution in [0.1, 0.15) is 24.5 Å². The van der Waals surface area contributed by atoms with Gasteiger partial charge in [0.15, 0.2) is 5.96 Å². The van der Waals surface area contributed by atoms with Crippen molar-refractivity contribution in [2.24, 2.45) is 10.9 Å². The van der Waals surface area contributed by atoms with E-state index in [-0.39, 0.29) is 0 Å². The van der Waals surface area contributed by atoms with Gasteiger partial charge in [0.25, 0.3) is 0 Å². The van der Waals surface area contributed by atoms with Crippen molar-refractivity contribution in [3.8, 4) is 5.75 Å². The van der Waals surface area contributed by atoms with Gasteiger partial charge in [-0.05, 0) is 25.0 Å². The number of hydrogen-bond acceptors (Lipinski definition) is 4. The van der Waals surface area contributed by atoms with E-state index >= 15 is 0 Å². The third kappa shape index (κ3) is 7.56. The van der Waals surface area contributed by atoms with Crippen molar-refractivity contribution in [2.45, 2.75) is 26.6 Å². The van der Waals surface area contributed by atoms with Crippen LogP contribution >= 0.6 is 0 Å². The highest BCUT2D eigenvalue weighted by Gasteiger charge is 2.24. The molecule has 1 heterocycles. The Morgan fingerprint density at radius 1 is 1.06 bits per heavy atom. The molecule has 1 saturated heterocycles. The molecule has 1 fully saturated rings. The van der Waals surface area contributed by atoms with E-state index < -0.39 is 0 Å². The lowest BCUT2D eigenvalue weighted by atomic mass is 10.1. The molecular weight excluding hydrogens is 390 g/mol. The summed E-state index contributed by atoms with van der Waals surface area (Å²) in [7, 11) is 1.68. The van der Waals surface area contributed by atoms with Crippen molar-refractivity contribution in [3.63, 3.8) is 0 Å². The molecule has 0 spiro atoms. The lowest BCUT2D eigenvalue weighted by molar-refractivity contribution is 0.0906. The number of likely N-dealkylation sites (tertiary alicyclic amines) is 1. The standard InChI is InChI=1S/C25H35N3O3/c1-3-26-25(27-14-16-30-20-23-11-7-8-12-24(23)29-2)28-15-13-22(17-28)19-31-18-21-9-5-4-6-10-21/h4-12,22H,3,13-20H2,1-2H3,(H,26,27). The molecule has 6 nitrogen and oxygen atoms in total. The molecule has 2 aromatic rings. The molecule has 0 aromatic heterocycles. The molecule has 0 saturated carbocycles. The van der Waals surface area contributed by atoms with Crippen molar-refractivity contribution in [3.05, 3.63) is 65.7 Å². The number of nitrogens with one attached hydrogen (secondary N) is 1. The van der Waals surface area contributed by atoms with E-state index in [0.29, 0.717) is 32.3 Å². The minimum atomic E-state index is 0.528. The summed E-state index contributed by atoms with van der Waals surface area (Å²) in [4.78, 5) is 7.10. The van der Waals surface area contributed by atoms with Gasteiger partial charge < -0.3 is 24.4 Å². The summed E-state index contributed by atoms with van der Waals surface area (Å²) in [5.74, 6) is 2.36. The zero-order valence-electron chi connectivity index (χ0n) is 18.8. The predicted octanol–water partition coefficient (Wildman–Crippen LogP) is 3.72. The first-order valence-corrected chi connectivity index (χ1v) is 11.1. The molecule has 6 heteroatoms. The number of methoxy groups -OCH3 is 1. The molecule has 1 aliphatic rings. The second kappa shape index (κ2) is 13.0. The SMILES string of the molecule is CCNC(=NCCOCc1ccccc1OC)N1CCC(COCc2ccccc2)C1. The van der Waals surface area contributed by atoms with Crippen LogP contribution in [0.5, 0.6) is 5.75 Å². The number of aliphatic imine (C=N–C) groups is 1. The van der Waals surface area contributed by atoms with Gasteiger partial charge in [-0.3, -0.25) is 4.99 Å². The molecule has 1 aliphatic heterocycles. The highest BCUT2D eigenvalue weighted by Crippen LogP contribution is 2.19. The first-order valence-electron chi connectivity index (χ1n) is 11.1. The molecule has 0 aliphatic carbocycles. The highest BCUT2D eigenvalue weighted by molar-refractivity contribution is 5.80. The maximum Gasteiger partial charge on any atom is 0.194 e. The zero-order valence-corrected chi connectivity index (χ0v) is 18.8. The third-order valence-electron chi connectivity index (χ3n) is 5.33. The summed E-state index contributed by atoms with van der Waals surface area (Å²) in [5.41, 5.74) is 2.28. The smallest absolute Gasteiger partial charge is 0.194 e. The van der Waals surface area contributed by atoms with Crippen molar-refractivity contribution < 1.29 is 14.2 Å². The molecule has 3 rings (SSSR count). The van der Waals surface area contributed by atoms with Gasteiger partial charge in [0, 0.05) is 31.1 Å². The lowest BCUT2D eigenvalue weighted by Gasteiger charge is -2.21. The Bertz CT molecular complexity index is 798. The van der Waals surface area contributed by atoms with Crippen molar-refractivity contribution in [1.29, 1.82) is 0 Å². The molecule has 168 valence electrons. The Morgan fingerprint density at radius 3 is 2.68 bits per heavy atom. The number of nitrogens with zero attached hydrogens (tertiary/aromatic N) is 2. The van der Waals surface area contributed by atoms with E-state index in [1.165, 1.54) is 5.56 Å². The monoisotopic (exact) mass is 425 g/mol. The van der Waals surface area contributed by atoms with Crippen LogP contribution in [0, 0.1) is 5.92 Å². The van der Waals surface area contributed by atoms with E-state index in [1.807, 2.05) is 30.3 Å². The molecule has 1 unspecified atom stereocenters. The summed E-state index contributed by atoms with van der Waals surface area (Å²) in [6.45, 7) is 8.13. The average Bonchev–Trinajstić information content (AvgIpc) is 3.28. The van der Waals surface area contributed by atoms with Crippen LogP contribution in [-0.4, -0.2) is 57.4 Å². The average molecular weight is 426 g/mol. The Hall–Kier alpha value is -2.57. The fourth-order valence-electron chi connectivity index (χ4n) is 3.72. The summed E-state index contributed by atoms with van der Waals surface area (Å²) < 4.78 is 17.1. The zero-order chi connectivity index (χ0) is 21.7. The van der Waals surface area contributed by atoms with E-state index in [4.69, 9.17) is 19.2 Å². The van der Waals surface area contributed by atoms with Gasteiger partial charge in [0.1, 0.15) is 5.75 Å². The normalized spacial score (nSPS) is 16.5. The van der Waals surface area contributed by atoms with E-state index in [1.54, 1.807) is 7.11 Å². The Balaban J connectivity index is 1.39. The quantitative estimate of drug-likeness (QED) is 0.338. The summed E-state index contributed by atoms with van der Waals surface area (Å²) >= 11 is 0. The molecule has 0 amide bonds. The largest absolute Gasteiger partial charge is 0.496 e. The minimum Gasteiger partial charge on any atom is -0.496 e. The van der Waals surface area contributed by atoms with Crippen LogP contribution in [0.4, 0.5) is 0 Å². The fraction of sp³-hybridized carbons (Fsp3) is 0.480. The Labute approximate surface area is 186 Å². The minimum absolute atomic E-state index is 0.528.